The lowest BCUT2D eigenvalue weighted by Crippen LogP contribution is -2.05. The first kappa shape index (κ1) is 10.7. The van der Waals surface area contributed by atoms with Crippen LogP contribution in [0.15, 0.2) is 36.9 Å². The van der Waals surface area contributed by atoms with Crippen LogP contribution >= 0.6 is 0 Å². The highest BCUT2D eigenvalue weighted by Gasteiger charge is 2.09. The van der Waals surface area contributed by atoms with Crippen LogP contribution < -0.4 is 0 Å². The molecule has 0 aliphatic rings. The Labute approximate surface area is 94.0 Å². The van der Waals surface area contributed by atoms with Gasteiger partial charge >= 0.3 is 0 Å². The second-order valence-electron chi connectivity index (χ2n) is 3.66. The molecule has 4 nitrogen and oxygen atoms in total. The summed E-state index contributed by atoms with van der Waals surface area (Å²) in [5.74, 6) is 0. The highest BCUT2D eigenvalue weighted by atomic mass is 16.3. The standard InChI is InChI=1S/C12H13N3O/c1-9-7-15-11(8-14-9)12(16)6-10-2-4-13-5-3-10/h2-5,7-8,12,16H,6H2,1H3. The zero-order valence-corrected chi connectivity index (χ0v) is 9.04. The van der Waals surface area contributed by atoms with Gasteiger partial charge in [0.05, 0.1) is 17.6 Å². The van der Waals surface area contributed by atoms with Crippen molar-refractivity contribution >= 4 is 0 Å². The number of hydrogen-bond donors (Lipinski definition) is 1. The average Bonchev–Trinajstić information content (AvgIpc) is 2.31. The van der Waals surface area contributed by atoms with Crippen LogP contribution in [-0.4, -0.2) is 20.1 Å². The number of aryl methyl sites for hydroxylation is 1. The predicted molar refractivity (Wildman–Crippen MR) is 59.7 cm³/mol. The van der Waals surface area contributed by atoms with Crippen LogP contribution in [0.25, 0.3) is 0 Å². The molecular weight excluding hydrogens is 202 g/mol. The Morgan fingerprint density at radius 2 is 1.94 bits per heavy atom. The summed E-state index contributed by atoms with van der Waals surface area (Å²) in [7, 11) is 0. The van der Waals surface area contributed by atoms with Crippen LogP contribution in [0.5, 0.6) is 0 Å². The first-order valence-corrected chi connectivity index (χ1v) is 5.11. The Kier molecular flexibility index (Phi) is 3.22. The Morgan fingerprint density at radius 1 is 1.19 bits per heavy atom. The third kappa shape index (κ3) is 2.61. The summed E-state index contributed by atoms with van der Waals surface area (Å²) in [5.41, 5.74) is 2.48. The van der Waals surface area contributed by atoms with Gasteiger partial charge in [0.1, 0.15) is 6.10 Å². The molecule has 0 spiro atoms. The molecule has 4 heteroatoms. The molecule has 2 heterocycles. The minimum Gasteiger partial charge on any atom is -0.386 e. The monoisotopic (exact) mass is 215 g/mol. The molecule has 0 aromatic carbocycles. The molecule has 2 aromatic heterocycles. The molecule has 0 bridgehead atoms. The van der Waals surface area contributed by atoms with E-state index in [4.69, 9.17) is 0 Å². The summed E-state index contributed by atoms with van der Waals surface area (Å²) in [6.07, 6.45) is 6.61. The van der Waals surface area contributed by atoms with E-state index in [9.17, 15) is 5.11 Å². The molecule has 1 N–H and O–H groups in total. The lowest BCUT2D eigenvalue weighted by atomic mass is 10.1. The van der Waals surface area contributed by atoms with Crippen LogP contribution in [-0.2, 0) is 6.42 Å². The largest absolute Gasteiger partial charge is 0.386 e. The van der Waals surface area contributed by atoms with E-state index in [-0.39, 0.29) is 0 Å². The van der Waals surface area contributed by atoms with Gasteiger partial charge in [-0.15, -0.1) is 0 Å². The second kappa shape index (κ2) is 4.81. The van der Waals surface area contributed by atoms with E-state index in [2.05, 4.69) is 15.0 Å². The molecule has 2 aromatic rings. The molecular formula is C12H13N3O. The van der Waals surface area contributed by atoms with Gasteiger partial charge in [-0.2, -0.15) is 0 Å². The van der Waals surface area contributed by atoms with Gasteiger partial charge in [-0.25, -0.2) is 0 Å². The fourth-order valence-corrected chi connectivity index (χ4v) is 1.42. The minimum absolute atomic E-state index is 0.528. The lowest BCUT2D eigenvalue weighted by molar-refractivity contribution is 0.173. The van der Waals surface area contributed by atoms with Crippen molar-refractivity contribution in [2.45, 2.75) is 19.4 Å². The zero-order valence-electron chi connectivity index (χ0n) is 9.04. The number of aliphatic hydroxyl groups excluding tert-OH is 1. The van der Waals surface area contributed by atoms with E-state index >= 15 is 0 Å². The minimum atomic E-state index is -0.615. The van der Waals surface area contributed by atoms with Gasteiger partial charge in [-0.1, -0.05) is 0 Å². The number of aromatic nitrogens is 3. The van der Waals surface area contributed by atoms with Gasteiger partial charge in [0.15, 0.2) is 0 Å². The predicted octanol–water partition coefficient (Wildman–Crippen LogP) is 1.46. The summed E-state index contributed by atoms with van der Waals surface area (Å²) in [5, 5.41) is 9.94. The van der Waals surface area contributed by atoms with Gasteiger partial charge < -0.3 is 5.11 Å². The van der Waals surface area contributed by atoms with Gasteiger partial charge in [0.25, 0.3) is 0 Å². The average molecular weight is 215 g/mol. The van der Waals surface area contributed by atoms with Crippen LogP contribution in [0, 0.1) is 6.92 Å². The maximum atomic E-state index is 9.94. The number of aliphatic hydroxyl groups is 1. The van der Waals surface area contributed by atoms with Crippen molar-refractivity contribution in [2.24, 2.45) is 0 Å². The fourth-order valence-electron chi connectivity index (χ4n) is 1.42. The van der Waals surface area contributed by atoms with Crippen molar-refractivity contribution < 1.29 is 5.11 Å². The van der Waals surface area contributed by atoms with Crippen LogP contribution in [0.4, 0.5) is 0 Å². The van der Waals surface area contributed by atoms with Crippen LogP contribution in [0.3, 0.4) is 0 Å². The first-order valence-electron chi connectivity index (χ1n) is 5.11. The van der Waals surface area contributed by atoms with Gasteiger partial charge in [-0.3, -0.25) is 15.0 Å². The topological polar surface area (TPSA) is 58.9 Å². The van der Waals surface area contributed by atoms with Crippen molar-refractivity contribution in [3.05, 3.63) is 53.9 Å². The third-order valence-electron chi connectivity index (χ3n) is 2.32. The van der Waals surface area contributed by atoms with E-state index in [0.29, 0.717) is 12.1 Å². The molecule has 0 aliphatic heterocycles. The molecule has 16 heavy (non-hydrogen) atoms. The molecule has 0 aliphatic carbocycles. The van der Waals surface area contributed by atoms with E-state index in [1.807, 2.05) is 19.1 Å². The van der Waals surface area contributed by atoms with E-state index in [0.717, 1.165) is 11.3 Å². The zero-order chi connectivity index (χ0) is 11.4. The molecule has 1 atom stereocenters. The van der Waals surface area contributed by atoms with Gasteiger partial charge in [-0.05, 0) is 24.6 Å². The second-order valence-corrected chi connectivity index (χ2v) is 3.66. The van der Waals surface area contributed by atoms with Crippen molar-refractivity contribution in [2.75, 3.05) is 0 Å². The van der Waals surface area contributed by atoms with E-state index in [1.165, 1.54) is 0 Å². The number of hydrogen-bond acceptors (Lipinski definition) is 4. The quantitative estimate of drug-likeness (QED) is 0.842. The number of rotatable bonds is 3. The first-order chi connectivity index (χ1) is 7.75. The molecule has 1 unspecified atom stereocenters. The summed E-state index contributed by atoms with van der Waals surface area (Å²) in [4.78, 5) is 12.2. The normalized spacial score (nSPS) is 12.4. The lowest BCUT2D eigenvalue weighted by Gasteiger charge is -2.09. The Morgan fingerprint density at radius 3 is 2.56 bits per heavy atom. The molecule has 82 valence electrons. The van der Waals surface area contributed by atoms with E-state index in [1.54, 1.807) is 24.8 Å². The maximum Gasteiger partial charge on any atom is 0.102 e. The summed E-state index contributed by atoms with van der Waals surface area (Å²) < 4.78 is 0. The summed E-state index contributed by atoms with van der Waals surface area (Å²) in [6.45, 7) is 1.87. The maximum absolute atomic E-state index is 9.94. The smallest absolute Gasteiger partial charge is 0.102 e. The van der Waals surface area contributed by atoms with Crippen molar-refractivity contribution in [1.82, 2.24) is 15.0 Å². The van der Waals surface area contributed by atoms with Crippen molar-refractivity contribution in [3.63, 3.8) is 0 Å². The summed E-state index contributed by atoms with van der Waals surface area (Å²) in [6, 6.07) is 3.76. The third-order valence-corrected chi connectivity index (χ3v) is 2.32. The van der Waals surface area contributed by atoms with Gasteiger partial charge in [0.2, 0.25) is 0 Å². The molecule has 0 fully saturated rings. The van der Waals surface area contributed by atoms with Crippen molar-refractivity contribution in [3.8, 4) is 0 Å². The Hall–Kier alpha value is -1.81. The molecule has 0 amide bonds. The Balaban J connectivity index is 2.09. The van der Waals surface area contributed by atoms with E-state index < -0.39 is 6.10 Å². The molecule has 0 saturated carbocycles. The fraction of sp³-hybridized carbons (Fsp3) is 0.250. The van der Waals surface area contributed by atoms with Crippen LogP contribution in [0.2, 0.25) is 0 Å². The SMILES string of the molecule is Cc1cnc(C(O)Cc2ccncc2)cn1. The number of pyridine rings is 1. The molecule has 0 radical (unpaired) electrons. The van der Waals surface area contributed by atoms with Crippen molar-refractivity contribution in [1.29, 1.82) is 0 Å². The highest BCUT2D eigenvalue weighted by Crippen LogP contribution is 2.14. The summed E-state index contributed by atoms with van der Waals surface area (Å²) >= 11 is 0. The molecule has 2 rings (SSSR count). The molecule has 0 saturated heterocycles. The van der Waals surface area contributed by atoms with Crippen LogP contribution in [0.1, 0.15) is 23.1 Å². The van der Waals surface area contributed by atoms with Gasteiger partial charge in [0, 0.05) is 25.0 Å². The number of nitrogens with zero attached hydrogens (tertiary/aromatic N) is 3. The Bertz CT molecular complexity index is 442. The highest BCUT2D eigenvalue weighted by molar-refractivity contribution is 5.14.